The van der Waals surface area contributed by atoms with Crippen LogP contribution in [0.2, 0.25) is 0 Å². The normalized spacial score (nSPS) is 11.8. The fraction of sp³-hybridized carbons (Fsp3) is 0.450. The number of nitriles is 1. The Morgan fingerprint density at radius 1 is 0.852 bits per heavy atom. The number of nitrogens with zero attached hydrogens (tertiary/aromatic N) is 3. The Hall–Kier alpha value is -2.69. The van der Waals surface area contributed by atoms with Crippen LogP contribution < -0.4 is 9.78 Å². The quantitative estimate of drug-likeness (QED) is 0.563. The molecular weight excluding hydrogens is 346 g/mol. The Bertz CT molecular complexity index is 829. The highest BCUT2D eigenvalue weighted by molar-refractivity contribution is 5.69. The van der Waals surface area contributed by atoms with Gasteiger partial charge in [-0.15, -0.1) is 0 Å². The fourth-order valence-corrected chi connectivity index (χ4v) is 1.87. The zero-order valence-corrected chi connectivity index (χ0v) is 16.8. The van der Waals surface area contributed by atoms with Gasteiger partial charge in [0.05, 0.1) is 5.69 Å². The highest BCUT2D eigenvalue weighted by Crippen LogP contribution is 2.31. The van der Waals surface area contributed by atoms with E-state index in [1.54, 1.807) is 0 Å². The lowest BCUT2D eigenvalue weighted by atomic mass is 10.1. The molecule has 0 saturated carbocycles. The average molecular weight is 371 g/mol. The van der Waals surface area contributed by atoms with Crippen LogP contribution in [0.3, 0.4) is 0 Å². The van der Waals surface area contributed by atoms with Gasteiger partial charge in [-0.3, -0.25) is 4.89 Å². The van der Waals surface area contributed by atoms with Crippen LogP contribution in [0, 0.1) is 18.3 Å². The van der Waals surface area contributed by atoms with Gasteiger partial charge in [0.25, 0.3) is 5.88 Å². The van der Waals surface area contributed by atoms with Gasteiger partial charge < -0.3 is 4.89 Å². The van der Waals surface area contributed by atoms with E-state index in [1.807, 2.05) is 72.7 Å². The van der Waals surface area contributed by atoms with Crippen molar-refractivity contribution in [3.8, 4) is 29.2 Å². The molecule has 0 saturated heterocycles. The molecule has 0 amide bonds. The Labute approximate surface area is 159 Å². The number of aryl methyl sites for hydroxylation is 1. The third-order valence-electron chi connectivity index (χ3n) is 3.03. The van der Waals surface area contributed by atoms with E-state index in [0.717, 1.165) is 11.1 Å². The van der Waals surface area contributed by atoms with Crippen molar-refractivity contribution in [2.45, 2.75) is 59.7 Å². The SMILES string of the molecule is Cc1ccc(-c2nc(OOC(C)(C)C)nc(OOC(C)(C)C)c2C#N)cc1. The van der Waals surface area contributed by atoms with Crippen LogP contribution in [0.5, 0.6) is 11.9 Å². The minimum Gasteiger partial charge on any atom is -0.315 e. The second-order valence-electron chi connectivity index (χ2n) is 8.07. The zero-order valence-electron chi connectivity index (χ0n) is 16.8. The monoisotopic (exact) mass is 371 g/mol. The highest BCUT2D eigenvalue weighted by Gasteiger charge is 2.23. The number of aromatic nitrogens is 2. The standard InChI is InChI=1S/C20H25N3O4/c1-13-8-10-14(11-9-13)16-15(12-21)17(24-26-19(2,3)4)23-18(22-16)25-27-20(5,6)7/h8-11H,1-7H3. The molecule has 0 aliphatic heterocycles. The van der Waals surface area contributed by atoms with Crippen molar-refractivity contribution in [1.82, 2.24) is 9.97 Å². The molecule has 0 N–H and O–H groups in total. The van der Waals surface area contributed by atoms with Gasteiger partial charge in [-0.1, -0.05) is 29.8 Å². The van der Waals surface area contributed by atoms with Crippen LogP contribution >= 0.6 is 0 Å². The van der Waals surface area contributed by atoms with Gasteiger partial charge >= 0.3 is 6.01 Å². The van der Waals surface area contributed by atoms with E-state index >= 15 is 0 Å². The molecule has 2 aromatic rings. The predicted molar refractivity (Wildman–Crippen MR) is 99.9 cm³/mol. The van der Waals surface area contributed by atoms with Crippen LogP contribution in [0.1, 0.15) is 52.7 Å². The van der Waals surface area contributed by atoms with Crippen LogP contribution in [-0.2, 0) is 9.78 Å². The van der Waals surface area contributed by atoms with Gasteiger partial charge in [-0.05, 0) is 48.5 Å². The molecule has 2 rings (SSSR count). The summed E-state index contributed by atoms with van der Waals surface area (Å²) < 4.78 is 0. The molecule has 0 aliphatic rings. The highest BCUT2D eigenvalue weighted by atomic mass is 17.2. The van der Waals surface area contributed by atoms with Gasteiger partial charge in [-0.25, -0.2) is 0 Å². The third kappa shape index (κ3) is 6.20. The first-order valence-electron chi connectivity index (χ1n) is 8.59. The average Bonchev–Trinajstić information content (AvgIpc) is 2.57. The first kappa shape index (κ1) is 20.6. The molecule has 144 valence electrons. The predicted octanol–water partition coefficient (Wildman–Crippen LogP) is 4.54. The van der Waals surface area contributed by atoms with Crippen LogP contribution in [0.15, 0.2) is 24.3 Å². The van der Waals surface area contributed by atoms with E-state index in [4.69, 9.17) is 19.6 Å². The van der Waals surface area contributed by atoms with E-state index in [1.165, 1.54) is 0 Å². The lowest BCUT2D eigenvalue weighted by molar-refractivity contribution is -0.285. The van der Waals surface area contributed by atoms with Crippen molar-refractivity contribution >= 4 is 0 Å². The van der Waals surface area contributed by atoms with Crippen molar-refractivity contribution in [1.29, 1.82) is 5.26 Å². The summed E-state index contributed by atoms with van der Waals surface area (Å²) in [4.78, 5) is 29.7. The maximum atomic E-state index is 9.66. The molecule has 7 heteroatoms. The van der Waals surface area contributed by atoms with E-state index in [9.17, 15) is 5.26 Å². The third-order valence-corrected chi connectivity index (χ3v) is 3.03. The first-order chi connectivity index (χ1) is 12.5. The lowest BCUT2D eigenvalue weighted by Gasteiger charge is -2.19. The zero-order chi connectivity index (χ0) is 20.2. The Morgan fingerprint density at radius 3 is 1.93 bits per heavy atom. The van der Waals surface area contributed by atoms with Crippen molar-refractivity contribution in [2.24, 2.45) is 0 Å². The summed E-state index contributed by atoms with van der Waals surface area (Å²) in [6.07, 6.45) is 0. The van der Waals surface area contributed by atoms with Gasteiger partial charge in [-0.2, -0.15) is 25.0 Å². The molecule has 0 unspecified atom stereocenters. The first-order valence-corrected chi connectivity index (χ1v) is 8.59. The van der Waals surface area contributed by atoms with Crippen molar-refractivity contribution in [3.63, 3.8) is 0 Å². The number of hydrogen-bond donors (Lipinski definition) is 0. The molecule has 0 aliphatic carbocycles. The summed E-state index contributed by atoms with van der Waals surface area (Å²) in [5, 5.41) is 9.66. The van der Waals surface area contributed by atoms with Crippen LogP contribution in [-0.4, -0.2) is 21.2 Å². The minimum atomic E-state index is -0.593. The topological polar surface area (TPSA) is 86.5 Å². The second kappa shape index (κ2) is 7.91. The molecular formula is C20H25N3O4. The van der Waals surface area contributed by atoms with Crippen LogP contribution in [0.4, 0.5) is 0 Å². The largest absolute Gasteiger partial charge is 0.357 e. The number of benzene rings is 1. The molecule has 7 nitrogen and oxygen atoms in total. The maximum Gasteiger partial charge on any atom is 0.357 e. The summed E-state index contributed by atoms with van der Waals surface area (Å²) in [7, 11) is 0. The van der Waals surface area contributed by atoms with E-state index in [-0.39, 0.29) is 17.5 Å². The lowest BCUT2D eigenvalue weighted by Crippen LogP contribution is -2.23. The van der Waals surface area contributed by atoms with Crippen molar-refractivity contribution in [3.05, 3.63) is 35.4 Å². The minimum absolute atomic E-state index is 0.0366. The van der Waals surface area contributed by atoms with E-state index in [2.05, 4.69) is 16.0 Å². The summed E-state index contributed by atoms with van der Waals surface area (Å²) >= 11 is 0. The van der Waals surface area contributed by atoms with E-state index in [0.29, 0.717) is 5.69 Å². The molecule has 0 radical (unpaired) electrons. The molecule has 0 bridgehead atoms. The second-order valence-corrected chi connectivity index (χ2v) is 8.07. The maximum absolute atomic E-state index is 9.66. The van der Waals surface area contributed by atoms with Gasteiger partial charge in [0.15, 0.2) is 0 Å². The molecule has 0 atom stereocenters. The molecule has 1 heterocycles. The summed E-state index contributed by atoms with van der Waals surface area (Å²) in [5.74, 6) is -0.0366. The molecule has 0 fully saturated rings. The summed E-state index contributed by atoms with van der Waals surface area (Å²) in [5.41, 5.74) is 1.17. The summed E-state index contributed by atoms with van der Waals surface area (Å²) in [6.45, 7) is 12.9. The Kier molecular flexibility index (Phi) is 6.04. The van der Waals surface area contributed by atoms with Gasteiger partial charge in [0.1, 0.15) is 22.8 Å². The van der Waals surface area contributed by atoms with Gasteiger partial charge in [0.2, 0.25) is 0 Å². The van der Waals surface area contributed by atoms with E-state index < -0.39 is 11.2 Å². The van der Waals surface area contributed by atoms with Gasteiger partial charge in [0, 0.05) is 5.56 Å². The molecule has 27 heavy (non-hydrogen) atoms. The smallest absolute Gasteiger partial charge is 0.315 e. The number of rotatable bonds is 5. The fourth-order valence-electron chi connectivity index (χ4n) is 1.87. The number of hydrogen-bond acceptors (Lipinski definition) is 7. The molecule has 1 aromatic heterocycles. The van der Waals surface area contributed by atoms with Crippen molar-refractivity contribution < 1.29 is 19.6 Å². The van der Waals surface area contributed by atoms with Crippen LogP contribution in [0.25, 0.3) is 11.3 Å². The molecule has 1 aromatic carbocycles. The Morgan fingerprint density at radius 2 is 1.41 bits per heavy atom. The summed E-state index contributed by atoms with van der Waals surface area (Å²) in [6, 6.07) is 9.59. The Balaban J connectivity index is 2.51. The molecule has 0 spiro atoms. The van der Waals surface area contributed by atoms with Crippen molar-refractivity contribution in [2.75, 3.05) is 0 Å².